The van der Waals surface area contributed by atoms with Crippen LogP contribution in [0.1, 0.15) is 13.8 Å². The zero-order valence-electron chi connectivity index (χ0n) is 14.5. The van der Waals surface area contributed by atoms with Crippen LogP contribution in [0.25, 0.3) is 11.3 Å². The summed E-state index contributed by atoms with van der Waals surface area (Å²) in [5.41, 5.74) is 3.43. The molecule has 0 spiro atoms. The van der Waals surface area contributed by atoms with Crippen LogP contribution in [0.3, 0.4) is 0 Å². The summed E-state index contributed by atoms with van der Waals surface area (Å²) in [5.74, 6) is 0.432. The molecule has 0 atom stereocenters. The summed E-state index contributed by atoms with van der Waals surface area (Å²) in [5, 5.41) is 3.17. The van der Waals surface area contributed by atoms with E-state index in [0.717, 1.165) is 24.3 Å². The van der Waals surface area contributed by atoms with Gasteiger partial charge in [-0.05, 0) is 38.1 Å². The van der Waals surface area contributed by atoms with Crippen molar-refractivity contribution in [3.8, 4) is 11.3 Å². The smallest absolute Gasteiger partial charge is 0.252 e. The van der Waals surface area contributed by atoms with Gasteiger partial charge in [0.15, 0.2) is 0 Å². The van der Waals surface area contributed by atoms with Gasteiger partial charge in [-0.3, -0.25) is 9.78 Å². The molecule has 2 aromatic carbocycles. The van der Waals surface area contributed by atoms with Gasteiger partial charge in [-0.25, -0.2) is 4.98 Å². The van der Waals surface area contributed by atoms with E-state index in [1.165, 1.54) is 11.8 Å². The van der Waals surface area contributed by atoms with Crippen LogP contribution in [0.5, 0.6) is 0 Å². The molecule has 0 unspecified atom stereocenters. The summed E-state index contributed by atoms with van der Waals surface area (Å²) >= 11 is 0. The van der Waals surface area contributed by atoms with Crippen molar-refractivity contribution in [3.05, 3.63) is 71.0 Å². The Bertz CT molecular complexity index is 868. The Morgan fingerprint density at radius 1 is 1.00 bits per heavy atom. The summed E-state index contributed by atoms with van der Waals surface area (Å²) in [7, 11) is 0. The van der Waals surface area contributed by atoms with Crippen molar-refractivity contribution < 1.29 is 0 Å². The first-order chi connectivity index (χ1) is 12.2. The molecule has 1 heterocycles. The van der Waals surface area contributed by atoms with E-state index in [9.17, 15) is 4.79 Å². The van der Waals surface area contributed by atoms with Crippen molar-refractivity contribution in [2.75, 3.05) is 23.3 Å². The fourth-order valence-corrected chi connectivity index (χ4v) is 2.75. The molecule has 5 nitrogen and oxygen atoms in total. The Kier molecular flexibility index (Phi) is 5.14. The molecule has 0 aliphatic heterocycles. The van der Waals surface area contributed by atoms with Crippen LogP contribution < -0.4 is 15.8 Å². The molecule has 128 valence electrons. The summed E-state index contributed by atoms with van der Waals surface area (Å²) in [6, 6.07) is 19.3. The number of nitrogens with zero attached hydrogens (tertiary/aromatic N) is 2. The van der Waals surface area contributed by atoms with Gasteiger partial charge in [-0.2, -0.15) is 0 Å². The maximum Gasteiger partial charge on any atom is 0.252 e. The van der Waals surface area contributed by atoms with E-state index < -0.39 is 0 Å². The number of H-pyrrole nitrogens is 1. The number of hydrogen-bond donors (Lipinski definition) is 2. The molecule has 0 radical (unpaired) electrons. The van der Waals surface area contributed by atoms with Crippen LogP contribution >= 0.6 is 0 Å². The third kappa shape index (κ3) is 4.07. The number of rotatable bonds is 6. The Labute approximate surface area is 147 Å². The zero-order chi connectivity index (χ0) is 17.6. The Hall–Kier alpha value is -3.08. The maximum absolute atomic E-state index is 12.0. The lowest BCUT2D eigenvalue weighted by molar-refractivity contribution is 0.866. The molecule has 0 saturated carbocycles. The third-order valence-corrected chi connectivity index (χ3v) is 4.07. The summed E-state index contributed by atoms with van der Waals surface area (Å²) in [4.78, 5) is 21.5. The first-order valence-electron chi connectivity index (χ1n) is 8.48. The average molecular weight is 334 g/mol. The first kappa shape index (κ1) is 16.8. The van der Waals surface area contributed by atoms with Gasteiger partial charge in [0, 0.05) is 36.1 Å². The van der Waals surface area contributed by atoms with Crippen molar-refractivity contribution in [3.63, 3.8) is 0 Å². The van der Waals surface area contributed by atoms with Gasteiger partial charge >= 0.3 is 0 Å². The van der Waals surface area contributed by atoms with E-state index in [2.05, 4.69) is 46.2 Å². The largest absolute Gasteiger partial charge is 0.372 e. The lowest BCUT2D eigenvalue weighted by Crippen LogP contribution is -2.21. The molecule has 2 N–H and O–H groups in total. The lowest BCUT2D eigenvalue weighted by atomic mass is 10.1. The number of benzene rings is 2. The predicted molar refractivity (Wildman–Crippen MR) is 104 cm³/mol. The maximum atomic E-state index is 12.0. The highest BCUT2D eigenvalue weighted by Gasteiger charge is 2.05. The average Bonchev–Trinajstić information content (AvgIpc) is 2.64. The van der Waals surface area contributed by atoms with Crippen LogP contribution in [-0.4, -0.2) is 23.1 Å². The monoisotopic (exact) mass is 334 g/mol. The topological polar surface area (TPSA) is 61.0 Å². The Balaban J connectivity index is 1.83. The van der Waals surface area contributed by atoms with E-state index in [4.69, 9.17) is 0 Å². The highest BCUT2D eigenvalue weighted by Crippen LogP contribution is 2.21. The van der Waals surface area contributed by atoms with Gasteiger partial charge in [0.05, 0.1) is 5.69 Å². The molecule has 5 heteroatoms. The highest BCUT2D eigenvalue weighted by atomic mass is 16.1. The molecule has 0 saturated heterocycles. The van der Waals surface area contributed by atoms with Crippen molar-refractivity contribution in [2.24, 2.45) is 0 Å². The normalized spacial score (nSPS) is 10.5. The zero-order valence-corrected chi connectivity index (χ0v) is 14.5. The van der Waals surface area contributed by atoms with Gasteiger partial charge in [0.25, 0.3) is 5.56 Å². The Morgan fingerprint density at radius 3 is 2.32 bits per heavy atom. The van der Waals surface area contributed by atoms with Gasteiger partial charge < -0.3 is 10.2 Å². The minimum atomic E-state index is -0.184. The van der Waals surface area contributed by atoms with E-state index in [1.54, 1.807) is 0 Å². The summed E-state index contributed by atoms with van der Waals surface area (Å²) < 4.78 is 0. The predicted octanol–water partition coefficient (Wildman–Crippen LogP) is 4.03. The number of hydrogen-bond acceptors (Lipinski definition) is 4. The van der Waals surface area contributed by atoms with E-state index in [0.29, 0.717) is 11.6 Å². The molecular formula is C20H22N4O. The molecular weight excluding hydrogens is 312 g/mol. The second-order valence-corrected chi connectivity index (χ2v) is 5.69. The fraction of sp³-hybridized carbons (Fsp3) is 0.200. The molecule has 0 bridgehead atoms. The third-order valence-electron chi connectivity index (χ3n) is 4.07. The second kappa shape index (κ2) is 7.66. The van der Waals surface area contributed by atoms with E-state index in [-0.39, 0.29) is 5.56 Å². The fourth-order valence-electron chi connectivity index (χ4n) is 2.75. The van der Waals surface area contributed by atoms with Gasteiger partial charge in [-0.1, -0.05) is 30.3 Å². The van der Waals surface area contributed by atoms with Crippen LogP contribution in [0.15, 0.2) is 65.5 Å². The summed E-state index contributed by atoms with van der Waals surface area (Å²) in [6.07, 6.45) is 0. The molecule has 25 heavy (non-hydrogen) atoms. The van der Waals surface area contributed by atoms with E-state index in [1.807, 2.05) is 42.5 Å². The van der Waals surface area contributed by atoms with Gasteiger partial charge in [0.2, 0.25) is 5.95 Å². The van der Waals surface area contributed by atoms with Crippen molar-refractivity contribution in [2.45, 2.75) is 13.8 Å². The molecule has 0 aliphatic rings. The molecule has 0 aliphatic carbocycles. The Morgan fingerprint density at radius 2 is 1.68 bits per heavy atom. The van der Waals surface area contributed by atoms with Crippen LogP contribution in [-0.2, 0) is 0 Å². The van der Waals surface area contributed by atoms with Crippen molar-refractivity contribution in [1.82, 2.24) is 9.97 Å². The van der Waals surface area contributed by atoms with E-state index >= 15 is 0 Å². The summed E-state index contributed by atoms with van der Waals surface area (Å²) in [6.45, 7) is 6.22. The number of anilines is 3. The quantitative estimate of drug-likeness (QED) is 0.714. The first-order valence-corrected chi connectivity index (χ1v) is 8.48. The SMILES string of the molecule is CCN(CC)c1ccc(Nc2nc(-c3ccccc3)cc(=O)[nH]2)cc1. The molecule has 0 amide bonds. The number of aromatic amines is 1. The van der Waals surface area contributed by atoms with Crippen molar-refractivity contribution in [1.29, 1.82) is 0 Å². The second-order valence-electron chi connectivity index (χ2n) is 5.69. The number of aromatic nitrogens is 2. The van der Waals surface area contributed by atoms with Crippen LogP contribution in [0, 0.1) is 0 Å². The molecule has 3 rings (SSSR count). The minimum Gasteiger partial charge on any atom is -0.372 e. The molecule has 3 aromatic rings. The van der Waals surface area contributed by atoms with Crippen LogP contribution in [0.2, 0.25) is 0 Å². The van der Waals surface area contributed by atoms with Crippen molar-refractivity contribution >= 4 is 17.3 Å². The van der Waals surface area contributed by atoms with Crippen LogP contribution in [0.4, 0.5) is 17.3 Å². The van der Waals surface area contributed by atoms with Gasteiger partial charge in [-0.15, -0.1) is 0 Å². The molecule has 1 aromatic heterocycles. The minimum absolute atomic E-state index is 0.184. The standard InChI is InChI=1S/C20H22N4O/c1-3-24(4-2)17-12-10-16(11-13-17)21-20-22-18(14-19(25)23-20)15-8-6-5-7-9-15/h5-14H,3-4H2,1-2H3,(H2,21,22,23,25). The molecule has 0 fully saturated rings. The van der Waals surface area contributed by atoms with Gasteiger partial charge in [0.1, 0.15) is 0 Å². The highest BCUT2D eigenvalue weighted by molar-refractivity contribution is 5.63. The lowest BCUT2D eigenvalue weighted by Gasteiger charge is -2.21. The number of nitrogens with one attached hydrogen (secondary N) is 2.